The van der Waals surface area contributed by atoms with Crippen molar-refractivity contribution < 1.29 is 9.90 Å². The maximum atomic E-state index is 10.8. The number of carbonyl (C=O) groups is 1. The van der Waals surface area contributed by atoms with Gasteiger partial charge >= 0.3 is 5.97 Å². The lowest BCUT2D eigenvalue weighted by Crippen LogP contribution is -2.33. The summed E-state index contributed by atoms with van der Waals surface area (Å²) in [7, 11) is 0. The number of aliphatic carboxylic acids is 1. The van der Waals surface area contributed by atoms with Crippen molar-refractivity contribution in [3.8, 4) is 0 Å². The molecule has 0 unspecified atom stereocenters. The molecule has 1 aromatic heterocycles. The topological polar surface area (TPSA) is 66.3 Å². The van der Waals surface area contributed by atoms with Crippen molar-refractivity contribution >= 4 is 11.8 Å². The zero-order valence-corrected chi connectivity index (χ0v) is 10.8. The summed E-state index contributed by atoms with van der Waals surface area (Å²) in [5.41, 5.74) is 0.853. The summed E-state index contributed by atoms with van der Waals surface area (Å²) in [5.74, 6) is 0.884. The summed E-state index contributed by atoms with van der Waals surface area (Å²) >= 11 is 0. The van der Waals surface area contributed by atoms with Gasteiger partial charge in [-0.25, -0.2) is 9.97 Å². The van der Waals surface area contributed by atoms with Crippen LogP contribution >= 0.6 is 0 Å². The predicted molar refractivity (Wildman–Crippen MR) is 66.2 cm³/mol. The molecule has 0 bridgehead atoms. The summed E-state index contributed by atoms with van der Waals surface area (Å²) in [6.45, 7) is 8.43. The zero-order chi connectivity index (χ0) is 13.0. The number of rotatable bonds is 5. The average molecular weight is 237 g/mol. The maximum Gasteiger partial charge on any atom is 0.323 e. The third-order valence-electron chi connectivity index (χ3n) is 2.19. The molecule has 0 amide bonds. The molecular formula is C12H19N3O2. The van der Waals surface area contributed by atoms with Gasteiger partial charge in [0.05, 0.1) is 0 Å². The lowest BCUT2D eigenvalue weighted by atomic mass is 10.2. The van der Waals surface area contributed by atoms with Crippen LogP contribution in [0.5, 0.6) is 0 Å². The van der Waals surface area contributed by atoms with Crippen LogP contribution < -0.4 is 4.90 Å². The van der Waals surface area contributed by atoms with Gasteiger partial charge in [-0.1, -0.05) is 13.8 Å². The highest BCUT2D eigenvalue weighted by atomic mass is 16.4. The first kappa shape index (κ1) is 13.4. The molecule has 0 saturated heterocycles. The molecule has 0 fully saturated rings. The van der Waals surface area contributed by atoms with Gasteiger partial charge in [0.1, 0.15) is 18.2 Å². The van der Waals surface area contributed by atoms with Gasteiger partial charge < -0.3 is 10.0 Å². The van der Waals surface area contributed by atoms with E-state index in [0.717, 1.165) is 5.69 Å². The van der Waals surface area contributed by atoms with Crippen LogP contribution in [-0.2, 0) is 4.79 Å². The molecule has 1 heterocycles. The van der Waals surface area contributed by atoms with E-state index in [1.54, 1.807) is 4.90 Å². The Morgan fingerprint density at radius 3 is 2.53 bits per heavy atom. The molecule has 0 aliphatic carbocycles. The molecule has 94 valence electrons. The monoisotopic (exact) mass is 237 g/mol. The van der Waals surface area contributed by atoms with Crippen LogP contribution in [0.1, 0.15) is 25.4 Å². The second-order valence-electron chi connectivity index (χ2n) is 4.58. The number of anilines is 1. The number of aromatic nitrogens is 2. The van der Waals surface area contributed by atoms with Gasteiger partial charge in [-0.3, -0.25) is 4.79 Å². The largest absolute Gasteiger partial charge is 0.480 e. The Bertz CT molecular complexity index is 384. The van der Waals surface area contributed by atoms with E-state index < -0.39 is 5.97 Å². The standard InChI is InChI=1S/C12H19N3O2/c1-8(2)6-15(7-12(16)17)11-5-9(3)13-10(4)14-11/h5,8H,6-7H2,1-4H3,(H,16,17). The first-order chi connectivity index (χ1) is 7.88. The Kier molecular flexibility index (Phi) is 4.43. The first-order valence-electron chi connectivity index (χ1n) is 5.67. The second-order valence-corrected chi connectivity index (χ2v) is 4.58. The van der Waals surface area contributed by atoms with E-state index in [1.807, 2.05) is 19.9 Å². The molecule has 1 rings (SSSR count). The quantitative estimate of drug-likeness (QED) is 0.843. The number of nitrogens with zero attached hydrogens (tertiary/aromatic N) is 3. The van der Waals surface area contributed by atoms with Crippen molar-refractivity contribution in [2.24, 2.45) is 5.92 Å². The van der Waals surface area contributed by atoms with Crippen molar-refractivity contribution in [3.05, 3.63) is 17.6 Å². The van der Waals surface area contributed by atoms with Gasteiger partial charge in [0.15, 0.2) is 0 Å². The van der Waals surface area contributed by atoms with Crippen LogP contribution in [0.15, 0.2) is 6.07 Å². The van der Waals surface area contributed by atoms with E-state index in [1.165, 1.54) is 0 Å². The van der Waals surface area contributed by atoms with Gasteiger partial charge in [-0.15, -0.1) is 0 Å². The van der Waals surface area contributed by atoms with E-state index in [4.69, 9.17) is 5.11 Å². The predicted octanol–water partition coefficient (Wildman–Crippen LogP) is 1.64. The summed E-state index contributed by atoms with van der Waals surface area (Å²) in [5, 5.41) is 8.91. The minimum Gasteiger partial charge on any atom is -0.480 e. The lowest BCUT2D eigenvalue weighted by Gasteiger charge is -2.24. The summed E-state index contributed by atoms with van der Waals surface area (Å²) in [6.07, 6.45) is 0. The van der Waals surface area contributed by atoms with Crippen LogP contribution in [0, 0.1) is 19.8 Å². The molecule has 0 radical (unpaired) electrons. The zero-order valence-electron chi connectivity index (χ0n) is 10.8. The molecule has 0 spiro atoms. The first-order valence-corrected chi connectivity index (χ1v) is 5.67. The van der Waals surface area contributed by atoms with Gasteiger partial charge in [-0.2, -0.15) is 0 Å². The van der Waals surface area contributed by atoms with Crippen molar-refractivity contribution in [1.29, 1.82) is 0 Å². The number of aryl methyl sites for hydroxylation is 2. The molecule has 17 heavy (non-hydrogen) atoms. The van der Waals surface area contributed by atoms with Gasteiger partial charge in [-0.05, 0) is 19.8 Å². The molecule has 5 nitrogen and oxygen atoms in total. The van der Waals surface area contributed by atoms with Crippen LogP contribution in [-0.4, -0.2) is 34.1 Å². The average Bonchev–Trinajstić information content (AvgIpc) is 2.13. The highest BCUT2D eigenvalue weighted by molar-refractivity contribution is 5.73. The van der Waals surface area contributed by atoms with E-state index in [9.17, 15) is 4.79 Å². The minimum atomic E-state index is -0.848. The van der Waals surface area contributed by atoms with Crippen molar-refractivity contribution in [2.45, 2.75) is 27.7 Å². The Morgan fingerprint density at radius 1 is 1.41 bits per heavy atom. The Balaban J connectivity index is 2.98. The smallest absolute Gasteiger partial charge is 0.323 e. The van der Waals surface area contributed by atoms with E-state index in [2.05, 4.69) is 23.8 Å². The molecule has 0 aliphatic heterocycles. The van der Waals surface area contributed by atoms with Crippen LogP contribution in [0.3, 0.4) is 0 Å². The normalized spacial score (nSPS) is 10.6. The van der Waals surface area contributed by atoms with E-state index in [0.29, 0.717) is 24.1 Å². The summed E-state index contributed by atoms with van der Waals surface area (Å²) < 4.78 is 0. The molecular weight excluding hydrogens is 218 g/mol. The lowest BCUT2D eigenvalue weighted by molar-refractivity contribution is -0.135. The van der Waals surface area contributed by atoms with Gasteiger partial charge in [0.2, 0.25) is 0 Å². The number of hydrogen-bond acceptors (Lipinski definition) is 4. The highest BCUT2D eigenvalue weighted by Gasteiger charge is 2.14. The van der Waals surface area contributed by atoms with Crippen molar-refractivity contribution in [3.63, 3.8) is 0 Å². The maximum absolute atomic E-state index is 10.8. The Morgan fingerprint density at radius 2 is 2.06 bits per heavy atom. The number of hydrogen-bond donors (Lipinski definition) is 1. The third-order valence-corrected chi connectivity index (χ3v) is 2.19. The SMILES string of the molecule is Cc1cc(N(CC(=O)O)CC(C)C)nc(C)n1. The fourth-order valence-electron chi connectivity index (χ4n) is 1.70. The summed E-state index contributed by atoms with van der Waals surface area (Å²) in [6, 6.07) is 1.82. The molecule has 0 aliphatic rings. The molecule has 0 saturated carbocycles. The fourth-order valence-corrected chi connectivity index (χ4v) is 1.70. The molecule has 5 heteroatoms. The van der Waals surface area contributed by atoms with E-state index in [-0.39, 0.29) is 6.54 Å². The highest BCUT2D eigenvalue weighted by Crippen LogP contribution is 2.14. The number of carboxylic acids is 1. The van der Waals surface area contributed by atoms with Crippen LogP contribution in [0.25, 0.3) is 0 Å². The Labute approximate surface area is 102 Å². The van der Waals surface area contributed by atoms with Gasteiger partial charge in [0.25, 0.3) is 0 Å². The van der Waals surface area contributed by atoms with Crippen LogP contribution in [0.2, 0.25) is 0 Å². The fraction of sp³-hybridized carbons (Fsp3) is 0.583. The van der Waals surface area contributed by atoms with Crippen molar-refractivity contribution in [2.75, 3.05) is 18.0 Å². The molecule has 0 aromatic carbocycles. The molecule has 1 N–H and O–H groups in total. The van der Waals surface area contributed by atoms with Crippen molar-refractivity contribution in [1.82, 2.24) is 9.97 Å². The Hall–Kier alpha value is -1.65. The number of carboxylic acid groups (broad SMARTS) is 1. The second kappa shape index (κ2) is 5.61. The summed E-state index contributed by atoms with van der Waals surface area (Å²) in [4.78, 5) is 21.1. The van der Waals surface area contributed by atoms with Crippen LogP contribution in [0.4, 0.5) is 5.82 Å². The van der Waals surface area contributed by atoms with Gasteiger partial charge in [0, 0.05) is 18.3 Å². The minimum absolute atomic E-state index is 0.0337. The third kappa shape index (κ3) is 4.38. The molecule has 1 aromatic rings. The van der Waals surface area contributed by atoms with E-state index >= 15 is 0 Å². The molecule has 0 atom stereocenters.